The zero-order chi connectivity index (χ0) is 19.1. The predicted octanol–water partition coefficient (Wildman–Crippen LogP) is 3.05. The molecule has 1 aromatic heterocycles. The Morgan fingerprint density at radius 2 is 1.67 bits per heavy atom. The van der Waals surface area contributed by atoms with Crippen molar-refractivity contribution in [1.82, 2.24) is 9.97 Å². The monoisotopic (exact) mass is 365 g/mol. The molecular weight excluding hydrogens is 346 g/mol. The van der Waals surface area contributed by atoms with E-state index in [-0.39, 0.29) is 12.6 Å². The first-order valence-electron chi connectivity index (χ1n) is 8.42. The Balaban J connectivity index is 2.04. The summed E-state index contributed by atoms with van der Waals surface area (Å²) in [6.45, 7) is 0.252. The molecule has 0 bridgehead atoms. The number of nitrogens with zero attached hydrogens (tertiary/aromatic N) is 3. The number of fused-ring (bicyclic) bond motifs is 2. The smallest absolute Gasteiger partial charge is 0.339 e. The summed E-state index contributed by atoms with van der Waals surface area (Å²) in [6.07, 6.45) is 3.44. The van der Waals surface area contributed by atoms with Crippen molar-refractivity contribution in [2.24, 2.45) is 0 Å². The van der Waals surface area contributed by atoms with Gasteiger partial charge in [0.2, 0.25) is 5.95 Å². The van der Waals surface area contributed by atoms with Gasteiger partial charge in [-0.2, -0.15) is 0 Å². The first-order chi connectivity index (χ1) is 13.0. The molecule has 0 spiro atoms. The minimum Gasteiger partial charge on any atom is -0.493 e. The number of anilines is 1. The Morgan fingerprint density at radius 1 is 1.00 bits per heavy atom. The highest BCUT2D eigenvalue weighted by molar-refractivity contribution is 6.11. The number of hydrogen-bond acceptors (Lipinski definition) is 7. The van der Waals surface area contributed by atoms with Gasteiger partial charge in [0, 0.05) is 43.2 Å². The Morgan fingerprint density at radius 3 is 2.30 bits per heavy atom. The normalized spacial score (nSPS) is 12.7. The number of benzene rings is 2. The standard InChI is InChI=1S/C20H19N3O4/c1-23(2)20-21-8-13(9-22-20)17-14-7-16(26-4)15(25-3)6-11(14)5-12-10-27-19(24)18(12)17/h5-9H,10H2,1-4H3. The van der Waals surface area contributed by atoms with Crippen molar-refractivity contribution < 1.29 is 19.0 Å². The largest absolute Gasteiger partial charge is 0.493 e. The van der Waals surface area contributed by atoms with E-state index in [1.165, 1.54) is 0 Å². The molecule has 138 valence electrons. The molecule has 0 unspecified atom stereocenters. The molecule has 27 heavy (non-hydrogen) atoms. The Kier molecular flexibility index (Phi) is 4.07. The average molecular weight is 365 g/mol. The number of methoxy groups -OCH3 is 2. The molecule has 0 atom stereocenters. The fourth-order valence-electron chi connectivity index (χ4n) is 3.33. The zero-order valence-electron chi connectivity index (χ0n) is 15.6. The van der Waals surface area contributed by atoms with Crippen LogP contribution in [0.25, 0.3) is 21.9 Å². The highest BCUT2D eigenvalue weighted by atomic mass is 16.5. The second-order valence-corrected chi connectivity index (χ2v) is 6.46. The van der Waals surface area contributed by atoms with Crippen molar-refractivity contribution in [2.45, 2.75) is 6.61 Å². The van der Waals surface area contributed by atoms with Crippen molar-refractivity contribution in [3.05, 3.63) is 41.7 Å². The molecule has 7 nitrogen and oxygen atoms in total. The molecule has 0 aliphatic carbocycles. The summed E-state index contributed by atoms with van der Waals surface area (Å²) in [5.41, 5.74) is 2.88. The van der Waals surface area contributed by atoms with Gasteiger partial charge in [0.1, 0.15) is 6.61 Å². The Labute approximate surface area is 156 Å². The topological polar surface area (TPSA) is 73.8 Å². The lowest BCUT2D eigenvalue weighted by Gasteiger charge is -2.15. The summed E-state index contributed by atoms with van der Waals surface area (Å²) in [6, 6.07) is 5.72. The fraction of sp³-hybridized carbons (Fsp3) is 0.250. The Bertz CT molecular complexity index is 1050. The molecule has 0 radical (unpaired) electrons. The van der Waals surface area contributed by atoms with Crippen molar-refractivity contribution in [3.63, 3.8) is 0 Å². The van der Waals surface area contributed by atoms with Gasteiger partial charge < -0.3 is 19.1 Å². The molecule has 0 saturated carbocycles. The van der Waals surface area contributed by atoms with E-state index >= 15 is 0 Å². The molecule has 4 rings (SSSR count). The number of rotatable bonds is 4. The van der Waals surface area contributed by atoms with Crippen LogP contribution in [0.2, 0.25) is 0 Å². The summed E-state index contributed by atoms with van der Waals surface area (Å²) in [5, 5.41) is 1.78. The third-order valence-electron chi connectivity index (χ3n) is 4.62. The van der Waals surface area contributed by atoms with Crippen LogP contribution in [-0.2, 0) is 11.3 Å². The van der Waals surface area contributed by atoms with E-state index < -0.39 is 0 Å². The molecule has 3 aromatic rings. The van der Waals surface area contributed by atoms with Crippen molar-refractivity contribution in [1.29, 1.82) is 0 Å². The first-order valence-corrected chi connectivity index (χ1v) is 8.42. The van der Waals surface area contributed by atoms with Gasteiger partial charge in [0.15, 0.2) is 11.5 Å². The molecule has 7 heteroatoms. The average Bonchev–Trinajstić information content (AvgIpc) is 3.05. The molecule has 2 aromatic carbocycles. The number of carbonyl (C=O) groups is 1. The maximum Gasteiger partial charge on any atom is 0.339 e. The van der Waals surface area contributed by atoms with Crippen LogP contribution in [0, 0.1) is 0 Å². The van der Waals surface area contributed by atoms with Gasteiger partial charge in [-0.05, 0) is 29.0 Å². The minimum atomic E-state index is -0.339. The van der Waals surface area contributed by atoms with Gasteiger partial charge in [-0.3, -0.25) is 0 Å². The van der Waals surface area contributed by atoms with Gasteiger partial charge >= 0.3 is 5.97 Å². The number of esters is 1. The summed E-state index contributed by atoms with van der Waals surface area (Å²) >= 11 is 0. The maximum atomic E-state index is 12.4. The van der Waals surface area contributed by atoms with Crippen LogP contribution in [0.1, 0.15) is 15.9 Å². The second kappa shape index (κ2) is 6.42. The fourth-order valence-corrected chi connectivity index (χ4v) is 3.33. The third kappa shape index (κ3) is 2.71. The molecule has 0 N–H and O–H groups in total. The number of ether oxygens (including phenoxy) is 3. The van der Waals surface area contributed by atoms with Gasteiger partial charge in [0.05, 0.1) is 19.8 Å². The van der Waals surface area contributed by atoms with E-state index in [9.17, 15) is 4.79 Å². The summed E-state index contributed by atoms with van der Waals surface area (Å²) in [4.78, 5) is 23.0. The van der Waals surface area contributed by atoms with E-state index in [1.807, 2.05) is 37.2 Å². The molecule has 0 fully saturated rings. The van der Waals surface area contributed by atoms with Crippen LogP contribution < -0.4 is 14.4 Å². The highest BCUT2D eigenvalue weighted by Gasteiger charge is 2.28. The van der Waals surface area contributed by atoms with Gasteiger partial charge in [0.25, 0.3) is 0 Å². The molecule has 1 aliphatic rings. The van der Waals surface area contributed by atoms with Crippen molar-refractivity contribution in [2.75, 3.05) is 33.2 Å². The van der Waals surface area contributed by atoms with E-state index in [0.717, 1.165) is 27.5 Å². The summed E-state index contributed by atoms with van der Waals surface area (Å²) in [7, 11) is 6.93. The molecule has 0 amide bonds. The van der Waals surface area contributed by atoms with Crippen LogP contribution in [0.3, 0.4) is 0 Å². The zero-order valence-corrected chi connectivity index (χ0v) is 15.6. The summed E-state index contributed by atoms with van der Waals surface area (Å²) in [5.74, 6) is 1.47. The number of cyclic esters (lactones) is 1. The SMILES string of the molecule is COc1cc2cc3c(c(-c4cnc(N(C)C)nc4)c2cc1OC)C(=O)OC3. The van der Waals surface area contributed by atoms with Gasteiger partial charge in [-0.15, -0.1) is 0 Å². The van der Waals surface area contributed by atoms with E-state index in [4.69, 9.17) is 14.2 Å². The van der Waals surface area contributed by atoms with Crippen LogP contribution in [0.5, 0.6) is 11.5 Å². The molecule has 1 aliphatic heterocycles. The molecule has 0 saturated heterocycles. The van der Waals surface area contributed by atoms with Crippen LogP contribution in [0.15, 0.2) is 30.6 Å². The van der Waals surface area contributed by atoms with Crippen LogP contribution in [0.4, 0.5) is 5.95 Å². The second-order valence-electron chi connectivity index (χ2n) is 6.46. The Hall–Kier alpha value is -3.35. The van der Waals surface area contributed by atoms with E-state index in [0.29, 0.717) is 23.0 Å². The third-order valence-corrected chi connectivity index (χ3v) is 4.62. The first kappa shape index (κ1) is 17.1. The van der Waals surface area contributed by atoms with Crippen LogP contribution in [-0.4, -0.2) is 44.3 Å². The lowest BCUT2D eigenvalue weighted by molar-refractivity contribution is 0.0535. The van der Waals surface area contributed by atoms with E-state index in [2.05, 4.69) is 9.97 Å². The summed E-state index contributed by atoms with van der Waals surface area (Å²) < 4.78 is 16.2. The van der Waals surface area contributed by atoms with Gasteiger partial charge in [-0.25, -0.2) is 14.8 Å². The molecule has 2 heterocycles. The highest BCUT2D eigenvalue weighted by Crippen LogP contribution is 2.42. The number of aromatic nitrogens is 2. The van der Waals surface area contributed by atoms with Crippen molar-refractivity contribution >= 4 is 22.7 Å². The lowest BCUT2D eigenvalue weighted by Crippen LogP contribution is -2.12. The molecular formula is C20H19N3O4. The quantitative estimate of drug-likeness (QED) is 0.658. The maximum absolute atomic E-state index is 12.4. The lowest BCUT2D eigenvalue weighted by atomic mass is 9.91. The number of carbonyl (C=O) groups excluding carboxylic acids is 1. The van der Waals surface area contributed by atoms with E-state index in [1.54, 1.807) is 26.6 Å². The predicted molar refractivity (Wildman–Crippen MR) is 102 cm³/mol. The van der Waals surface area contributed by atoms with Crippen molar-refractivity contribution in [3.8, 4) is 22.6 Å². The number of hydrogen-bond donors (Lipinski definition) is 0. The van der Waals surface area contributed by atoms with Crippen LogP contribution >= 0.6 is 0 Å². The van der Waals surface area contributed by atoms with Gasteiger partial charge in [-0.1, -0.05) is 0 Å². The minimum absolute atomic E-state index is 0.252.